The van der Waals surface area contributed by atoms with Crippen LogP contribution in [0.15, 0.2) is 21.3 Å². The van der Waals surface area contributed by atoms with E-state index in [1.807, 2.05) is 19.9 Å². The molecule has 0 unspecified atom stereocenters. The van der Waals surface area contributed by atoms with Crippen LogP contribution < -0.4 is 0 Å². The molecule has 0 radical (unpaired) electrons. The van der Waals surface area contributed by atoms with Gasteiger partial charge in [-0.1, -0.05) is 31.2 Å². The Bertz CT molecular complexity index is 692. The van der Waals surface area contributed by atoms with Crippen molar-refractivity contribution in [2.24, 2.45) is 11.8 Å². The van der Waals surface area contributed by atoms with Crippen LogP contribution in [0.25, 0.3) is 6.08 Å². The predicted molar refractivity (Wildman–Crippen MR) is 111 cm³/mol. The third-order valence-corrected chi connectivity index (χ3v) is 6.62. The van der Waals surface area contributed by atoms with Crippen LogP contribution in [0.2, 0.25) is 0 Å². The lowest BCUT2D eigenvalue weighted by Crippen LogP contribution is -2.50. The summed E-state index contributed by atoms with van der Waals surface area (Å²) in [5.74, 6) is 1.33. The van der Waals surface area contributed by atoms with Gasteiger partial charge in [-0.25, -0.2) is 4.98 Å². The number of nitrogens with zero attached hydrogens (tertiary/aromatic N) is 1. The Labute approximate surface area is 176 Å². The fraction of sp³-hybridized carbons (Fsp3) is 0.762. The third kappa shape index (κ3) is 5.83. The second kappa shape index (κ2) is 9.94. The summed E-state index contributed by atoms with van der Waals surface area (Å²) in [5.41, 5.74) is 0.964. The lowest BCUT2D eigenvalue weighted by molar-refractivity contribution is -0.165. The Morgan fingerprint density at radius 1 is 1.31 bits per heavy atom. The zero-order valence-electron chi connectivity index (χ0n) is 17.5. The van der Waals surface area contributed by atoms with Gasteiger partial charge >= 0.3 is 0 Å². The second-order valence-electron chi connectivity index (χ2n) is 8.23. The summed E-state index contributed by atoms with van der Waals surface area (Å²) < 4.78 is 17.2. The highest BCUT2D eigenvalue weighted by atomic mass is 32.2. The molecule has 29 heavy (non-hydrogen) atoms. The van der Waals surface area contributed by atoms with Crippen molar-refractivity contribution in [1.82, 2.24) is 4.98 Å². The van der Waals surface area contributed by atoms with E-state index in [1.54, 1.807) is 24.9 Å². The SMILES string of the molecule is CCSc1cnc(/C=C(\C)C[C@@H]2OC[C@H](C[C@@H]3O[C@H]3[C@@H](C)[C@H](C)O)[C@@H](O)[C@H]2O)o1. The lowest BCUT2D eigenvalue weighted by atomic mass is 9.85. The van der Waals surface area contributed by atoms with Gasteiger partial charge in [0.15, 0.2) is 5.09 Å². The molecule has 0 amide bonds. The lowest BCUT2D eigenvalue weighted by Gasteiger charge is -2.38. The van der Waals surface area contributed by atoms with Gasteiger partial charge in [-0.15, -0.1) is 0 Å². The minimum Gasteiger partial charge on any atom is -0.431 e. The van der Waals surface area contributed by atoms with E-state index in [1.165, 1.54) is 0 Å². The molecule has 7 nitrogen and oxygen atoms in total. The first kappa shape index (κ1) is 22.8. The molecule has 8 atom stereocenters. The van der Waals surface area contributed by atoms with Gasteiger partial charge in [0.25, 0.3) is 0 Å². The summed E-state index contributed by atoms with van der Waals surface area (Å²) in [5, 5.41) is 31.6. The molecule has 0 spiro atoms. The van der Waals surface area contributed by atoms with Crippen LogP contribution in [0.4, 0.5) is 0 Å². The zero-order valence-corrected chi connectivity index (χ0v) is 18.3. The van der Waals surface area contributed by atoms with E-state index in [2.05, 4.69) is 11.9 Å². The average Bonchev–Trinajstić information content (AvgIpc) is 3.30. The van der Waals surface area contributed by atoms with Gasteiger partial charge in [0.05, 0.1) is 43.3 Å². The molecular formula is C21H33NO6S. The van der Waals surface area contributed by atoms with Crippen molar-refractivity contribution in [2.45, 2.75) is 82.3 Å². The first-order chi connectivity index (χ1) is 13.8. The number of rotatable bonds is 9. The Morgan fingerprint density at radius 3 is 2.76 bits per heavy atom. The van der Waals surface area contributed by atoms with Crippen molar-refractivity contribution in [2.75, 3.05) is 12.4 Å². The van der Waals surface area contributed by atoms with E-state index in [9.17, 15) is 15.3 Å². The fourth-order valence-corrected chi connectivity index (χ4v) is 4.40. The molecule has 164 valence electrons. The number of epoxide rings is 1. The van der Waals surface area contributed by atoms with Gasteiger partial charge in [-0.2, -0.15) is 0 Å². The maximum atomic E-state index is 10.6. The second-order valence-corrected chi connectivity index (χ2v) is 9.50. The Kier molecular flexibility index (Phi) is 7.81. The van der Waals surface area contributed by atoms with Crippen molar-refractivity contribution >= 4 is 17.8 Å². The molecule has 2 fully saturated rings. The Morgan fingerprint density at radius 2 is 2.07 bits per heavy atom. The number of thioether (sulfide) groups is 1. The van der Waals surface area contributed by atoms with Crippen LogP contribution in [-0.2, 0) is 9.47 Å². The molecule has 0 aromatic carbocycles. The Balaban J connectivity index is 1.50. The van der Waals surface area contributed by atoms with Gasteiger partial charge in [0.2, 0.25) is 5.89 Å². The number of ether oxygens (including phenoxy) is 2. The number of hydrogen-bond donors (Lipinski definition) is 3. The summed E-state index contributed by atoms with van der Waals surface area (Å²) >= 11 is 1.59. The van der Waals surface area contributed by atoms with Crippen LogP contribution in [0.3, 0.4) is 0 Å². The topological polar surface area (TPSA) is 108 Å². The number of aliphatic hydroxyl groups is 3. The first-order valence-electron chi connectivity index (χ1n) is 10.4. The quantitative estimate of drug-likeness (QED) is 0.407. The van der Waals surface area contributed by atoms with Gasteiger partial charge in [0, 0.05) is 11.8 Å². The van der Waals surface area contributed by atoms with Gasteiger partial charge in [0.1, 0.15) is 6.10 Å². The molecule has 0 saturated carbocycles. The van der Waals surface area contributed by atoms with Crippen molar-refractivity contribution in [3.8, 4) is 0 Å². The molecule has 3 N–H and O–H groups in total. The smallest absolute Gasteiger partial charge is 0.220 e. The van der Waals surface area contributed by atoms with Gasteiger partial charge in [-0.05, 0) is 38.5 Å². The average molecular weight is 428 g/mol. The minimum atomic E-state index is -0.959. The third-order valence-electron chi connectivity index (χ3n) is 5.86. The largest absolute Gasteiger partial charge is 0.431 e. The molecular weight excluding hydrogens is 394 g/mol. The first-order valence-corrected chi connectivity index (χ1v) is 11.4. The standard InChI is InChI=1S/C21H33NO6S/c1-5-29-18-9-22-17(28-18)7-11(2)6-15-20(25)19(24)14(10-26-15)8-16-21(27-16)12(3)13(4)23/h7,9,12-16,19-21,23-25H,5-6,8,10H2,1-4H3/b11-7+/t12-,13-,14-,15-,16-,19+,20-,21-/m0/s1. The van der Waals surface area contributed by atoms with Crippen molar-refractivity contribution in [3.63, 3.8) is 0 Å². The summed E-state index contributed by atoms with van der Waals surface area (Å²) in [4.78, 5) is 4.24. The predicted octanol–water partition coefficient (Wildman–Crippen LogP) is 2.49. The van der Waals surface area contributed by atoms with Crippen molar-refractivity contribution in [3.05, 3.63) is 17.7 Å². The summed E-state index contributed by atoms with van der Waals surface area (Å²) in [6, 6.07) is 0. The number of aromatic nitrogens is 1. The normalized spacial score (nSPS) is 34.8. The van der Waals surface area contributed by atoms with Gasteiger partial charge < -0.3 is 29.2 Å². The molecule has 2 saturated heterocycles. The van der Waals surface area contributed by atoms with E-state index < -0.39 is 24.4 Å². The zero-order chi connectivity index (χ0) is 21.1. The van der Waals surface area contributed by atoms with E-state index in [0.29, 0.717) is 25.3 Å². The summed E-state index contributed by atoms with van der Waals surface area (Å²) in [7, 11) is 0. The highest BCUT2D eigenvalue weighted by molar-refractivity contribution is 7.99. The van der Waals surface area contributed by atoms with Crippen LogP contribution in [0.5, 0.6) is 0 Å². The monoisotopic (exact) mass is 427 g/mol. The van der Waals surface area contributed by atoms with Gasteiger partial charge in [-0.3, -0.25) is 0 Å². The molecule has 1 aromatic heterocycles. The van der Waals surface area contributed by atoms with Crippen LogP contribution in [0, 0.1) is 11.8 Å². The van der Waals surface area contributed by atoms with Crippen LogP contribution in [-0.4, -0.2) is 69.3 Å². The van der Waals surface area contributed by atoms with E-state index >= 15 is 0 Å². The highest BCUT2D eigenvalue weighted by Gasteiger charge is 2.48. The van der Waals surface area contributed by atoms with E-state index in [0.717, 1.165) is 16.4 Å². The molecule has 0 aliphatic carbocycles. The minimum absolute atomic E-state index is 0.00782. The molecule has 8 heteroatoms. The van der Waals surface area contributed by atoms with Crippen LogP contribution >= 0.6 is 11.8 Å². The maximum Gasteiger partial charge on any atom is 0.220 e. The Hall–Kier alpha value is -0.900. The van der Waals surface area contributed by atoms with Crippen molar-refractivity contribution < 1.29 is 29.2 Å². The molecule has 0 bridgehead atoms. The fourth-order valence-electron chi connectivity index (χ4n) is 3.85. The molecule has 3 rings (SSSR count). The number of oxazole rings is 1. The van der Waals surface area contributed by atoms with E-state index in [4.69, 9.17) is 13.9 Å². The van der Waals surface area contributed by atoms with E-state index in [-0.39, 0.29) is 24.0 Å². The summed E-state index contributed by atoms with van der Waals surface area (Å²) in [6.45, 7) is 8.08. The summed E-state index contributed by atoms with van der Waals surface area (Å²) in [6.07, 6.45) is 1.97. The maximum absolute atomic E-state index is 10.6. The molecule has 2 aliphatic rings. The molecule has 2 aliphatic heterocycles. The molecule has 1 aromatic rings. The van der Waals surface area contributed by atoms with Crippen LogP contribution in [0.1, 0.15) is 46.4 Å². The number of hydrogen-bond acceptors (Lipinski definition) is 8. The van der Waals surface area contributed by atoms with Crippen molar-refractivity contribution in [1.29, 1.82) is 0 Å². The molecule has 3 heterocycles. The highest BCUT2D eigenvalue weighted by Crippen LogP contribution is 2.38. The number of aliphatic hydroxyl groups excluding tert-OH is 3.